The van der Waals surface area contributed by atoms with Gasteiger partial charge >= 0.3 is 12.2 Å². The van der Waals surface area contributed by atoms with Crippen molar-refractivity contribution in [1.82, 2.24) is 20.4 Å². The molecule has 0 saturated carbocycles. The number of carbonyl (C=O) groups is 6. The van der Waals surface area contributed by atoms with Crippen LogP contribution in [0.1, 0.15) is 87.7 Å². The van der Waals surface area contributed by atoms with Crippen molar-refractivity contribution in [3.8, 4) is 0 Å². The summed E-state index contributed by atoms with van der Waals surface area (Å²) >= 11 is 0. The first-order chi connectivity index (χ1) is 31.6. The van der Waals surface area contributed by atoms with Crippen LogP contribution in [-0.2, 0) is 51.0 Å². The van der Waals surface area contributed by atoms with E-state index in [0.29, 0.717) is 38.8 Å². The Bertz CT molecular complexity index is 2050. The lowest BCUT2D eigenvalue weighted by Crippen LogP contribution is -2.53. The number of likely N-dealkylation sites (tertiary alicyclic amines) is 2. The van der Waals surface area contributed by atoms with Gasteiger partial charge in [-0.3, -0.25) is 19.2 Å². The van der Waals surface area contributed by atoms with Crippen molar-refractivity contribution >= 4 is 41.3 Å². The normalized spacial score (nSPS) is 22.6. The number of rotatable bonds is 17. The Morgan fingerprint density at radius 3 is 1.30 bits per heavy atom. The number of alkyl carbamates (subject to hydrolysis) is 2. The summed E-state index contributed by atoms with van der Waals surface area (Å²) in [6.45, 7) is 8.15. The van der Waals surface area contributed by atoms with Crippen LogP contribution >= 0.6 is 0 Å². The number of hydrogen-bond acceptors (Lipinski definition) is 11. The molecular weight excluding hydrogens is 850 g/mol. The Balaban J connectivity index is 1.22. The third kappa shape index (κ3) is 10.9. The van der Waals surface area contributed by atoms with E-state index in [1.54, 1.807) is 36.2 Å². The molecule has 0 aromatic heterocycles. The number of methoxy groups -OCH3 is 4. The predicted molar refractivity (Wildman–Crippen MR) is 244 cm³/mol. The molecular formula is C50H64FN5O10. The minimum absolute atomic E-state index is 0.0934. The molecule has 66 heavy (non-hydrogen) atoms. The molecule has 15 nitrogen and oxygen atoms in total. The molecule has 16 heteroatoms. The van der Waals surface area contributed by atoms with Crippen molar-refractivity contribution in [2.45, 2.75) is 115 Å². The van der Waals surface area contributed by atoms with E-state index < -0.39 is 60.6 Å². The van der Waals surface area contributed by atoms with Gasteiger partial charge in [0.1, 0.15) is 30.1 Å². The number of nitrogens with one attached hydrogen (secondary N) is 2. The van der Waals surface area contributed by atoms with Crippen molar-refractivity contribution in [1.29, 1.82) is 0 Å². The van der Waals surface area contributed by atoms with E-state index in [-0.39, 0.29) is 53.9 Å². The summed E-state index contributed by atoms with van der Waals surface area (Å²) in [5, 5.41) is 5.25. The molecule has 3 aromatic rings. The molecule has 3 heterocycles. The van der Waals surface area contributed by atoms with E-state index in [1.165, 1.54) is 26.4 Å². The van der Waals surface area contributed by atoms with Gasteiger partial charge in [0.05, 0.1) is 38.4 Å². The molecule has 4 amide bonds. The zero-order valence-corrected chi connectivity index (χ0v) is 39.2. The van der Waals surface area contributed by atoms with Gasteiger partial charge in [-0.25, -0.2) is 14.0 Å². The largest absolute Gasteiger partial charge is 0.453 e. The van der Waals surface area contributed by atoms with Crippen LogP contribution in [-0.4, -0.2) is 123 Å². The lowest BCUT2D eigenvalue weighted by atomic mass is 9.95. The zero-order chi connectivity index (χ0) is 47.8. The van der Waals surface area contributed by atoms with Gasteiger partial charge in [-0.2, -0.15) is 0 Å². The molecule has 3 saturated heterocycles. The molecule has 0 aliphatic carbocycles. The first-order valence-corrected chi connectivity index (χ1v) is 22.7. The highest BCUT2D eigenvalue weighted by atomic mass is 19.1. The molecule has 3 aliphatic heterocycles. The molecule has 8 atom stereocenters. The summed E-state index contributed by atoms with van der Waals surface area (Å²) in [6, 6.07) is 18.0. The number of hydrogen-bond donors (Lipinski definition) is 2. The van der Waals surface area contributed by atoms with Crippen LogP contribution in [0.4, 0.5) is 19.7 Å². The summed E-state index contributed by atoms with van der Waals surface area (Å²) in [5.41, 5.74) is 4.01. The van der Waals surface area contributed by atoms with Crippen molar-refractivity contribution in [2.24, 2.45) is 11.8 Å². The quantitative estimate of drug-likeness (QED) is 0.160. The molecule has 2 N–H and O–H groups in total. The summed E-state index contributed by atoms with van der Waals surface area (Å²) in [7, 11) is 5.73. The van der Waals surface area contributed by atoms with E-state index in [9.17, 15) is 33.2 Å². The fourth-order valence-corrected chi connectivity index (χ4v) is 9.80. The molecule has 6 rings (SSSR count). The number of carbonyl (C=O) groups excluding carboxylic acids is 6. The fraction of sp³-hybridized carbons (Fsp3) is 0.520. The monoisotopic (exact) mass is 913 g/mol. The summed E-state index contributed by atoms with van der Waals surface area (Å²) < 4.78 is 36.4. The van der Waals surface area contributed by atoms with Crippen molar-refractivity contribution < 1.29 is 52.1 Å². The SMILES string of the molecule is COC(=O)N[C@H](C(=O)N1CCC[C@H]1C(=O)Cc1ccc([C@H]2[C@@H](OC)[C@H](OC)[C@H](c3ccc(CC(=O)[C@@H]4CCCN4C(=O)[C@@H](NC(=O)OC)C(C)C)cc3)N2c2ccc(F)cc2)cc1)C(C)C. The summed E-state index contributed by atoms with van der Waals surface area (Å²) in [6.07, 6.45) is 0.193. The average molecular weight is 914 g/mol. The van der Waals surface area contributed by atoms with E-state index in [2.05, 4.69) is 15.5 Å². The van der Waals surface area contributed by atoms with Crippen LogP contribution in [0.5, 0.6) is 0 Å². The number of nitrogens with zero attached hydrogens (tertiary/aromatic N) is 3. The number of benzene rings is 3. The third-order valence-electron chi connectivity index (χ3n) is 13.2. The number of halogens is 1. The van der Waals surface area contributed by atoms with Crippen molar-refractivity contribution in [3.63, 3.8) is 0 Å². The van der Waals surface area contributed by atoms with Gasteiger partial charge in [0, 0.05) is 45.8 Å². The lowest BCUT2D eigenvalue weighted by Gasteiger charge is -2.34. The minimum Gasteiger partial charge on any atom is -0.453 e. The van der Waals surface area contributed by atoms with Gasteiger partial charge in [0.15, 0.2) is 11.6 Å². The van der Waals surface area contributed by atoms with Gasteiger partial charge in [0.25, 0.3) is 0 Å². The molecule has 3 aliphatic rings. The maximum atomic E-state index is 14.4. The van der Waals surface area contributed by atoms with Crippen LogP contribution in [0, 0.1) is 17.7 Å². The Hall–Kier alpha value is -5.87. The summed E-state index contributed by atoms with van der Waals surface area (Å²) in [5.74, 6) is -1.62. The molecule has 356 valence electrons. The fourth-order valence-electron chi connectivity index (χ4n) is 9.80. The van der Waals surface area contributed by atoms with Crippen molar-refractivity contribution in [2.75, 3.05) is 46.4 Å². The van der Waals surface area contributed by atoms with Crippen LogP contribution in [0.2, 0.25) is 0 Å². The number of Topliss-reactive ketones (excluding diaryl/α,β-unsaturated/α-hetero) is 2. The number of amides is 4. The van der Waals surface area contributed by atoms with Crippen LogP contribution in [0.3, 0.4) is 0 Å². The number of ketones is 2. The molecule has 0 unspecified atom stereocenters. The number of ether oxygens (including phenoxy) is 4. The number of anilines is 1. The first-order valence-electron chi connectivity index (χ1n) is 22.7. The van der Waals surface area contributed by atoms with Gasteiger partial charge < -0.3 is 44.3 Å². The Morgan fingerprint density at radius 1 is 0.591 bits per heavy atom. The van der Waals surface area contributed by atoms with Gasteiger partial charge in [-0.05, 0) is 84.0 Å². The predicted octanol–water partition coefficient (Wildman–Crippen LogP) is 6.12. The van der Waals surface area contributed by atoms with Crippen LogP contribution < -0.4 is 15.5 Å². The highest BCUT2D eigenvalue weighted by Crippen LogP contribution is 2.49. The second-order valence-corrected chi connectivity index (χ2v) is 18.0. The highest BCUT2D eigenvalue weighted by molar-refractivity contribution is 5.94. The highest BCUT2D eigenvalue weighted by Gasteiger charge is 2.51. The maximum absolute atomic E-state index is 14.4. The standard InChI is InChI=1S/C50H64FN5O10/c1-29(2)41(52-49(61)65-7)47(59)54-25-9-11-37(54)39(57)27-31-13-17-33(18-14-31)43-45(63-5)46(64-6)44(56(43)36-23-21-35(51)22-24-36)34-19-15-32(16-20-34)28-40(58)38-12-10-26-55(38)48(60)42(30(3)4)53-50(62)66-8/h13-24,29-30,37-38,41-46H,9-12,25-28H2,1-8H3,(H,52,61)(H,53,62)/t37-,38-,41-,42-,43-,44-,45+,46+/m0/s1. The van der Waals surface area contributed by atoms with Gasteiger partial charge in [-0.15, -0.1) is 0 Å². The molecule has 0 radical (unpaired) electrons. The smallest absolute Gasteiger partial charge is 0.407 e. The average Bonchev–Trinajstić information content (AvgIpc) is 4.08. The van der Waals surface area contributed by atoms with Crippen molar-refractivity contribution in [3.05, 3.63) is 101 Å². The van der Waals surface area contributed by atoms with Gasteiger partial charge in [0.2, 0.25) is 11.8 Å². The second kappa shape index (κ2) is 22.1. The van der Waals surface area contributed by atoms with Crippen LogP contribution in [0.25, 0.3) is 0 Å². The molecule has 0 spiro atoms. The van der Waals surface area contributed by atoms with E-state index in [4.69, 9.17) is 18.9 Å². The summed E-state index contributed by atoms with van der Waals surface area (Å²) in [4.78, 5) is 84.3. The Labute approximate surface area is 386 Å². The zero-order valence-electron chi connectivity index (χ0n) is 39.2. The third-order valence-corrected chi connectivity index (χ3v) is 13.2. The lowest BCUT2D eigenvalue weighted by molar-refractivity contribution is -0.140. The minimum atomic E-state index is -0.828. The van der Waals surface area contributed by atoms with Gasteiger partial charge in [-0.1, -0.05) is 76.2 Å². The Morgan fingerprint density at radius 2 is 0.970 bits per heavy atom. The van der Waals surface area contributed by atoms with Crippen LogP contribution in [0.15, 0.2) is 72.8 Å². The van der Waals surface area contributed by atoms with E-state index >= 15 is 0 Å². The van der Waals surface area contributed by atoms with E-state index in [0.717, 1.165) is 27.9 Å². The topological polar surface area (TPSA) is 173 Å². The van der Waals surface area contributed by atoms with E-state index in [1.807, 2.05) is 76.2 Å². The molecule has 0 bridgehead atoms. The first kappa shape index (κ1) is 49.6. The maximum Gasteiger partial charge on any atom is 0.407 e. The molecule has 3 aromatic carbocycles. The second-order valence-electron chi connectivity index (χ2n) is 18.0. The Kier molecular flexibility index (Phi) is 16.6. The molecule has 3 fully saturated rings.